The quantitative estimate of drug-likeness (QED) is 0.645. The van der Waals surface area contributed by atoms with Crippen molar-refractivity contribution < 1.29 is 18.8 Å². The van der Waals surface area contributed by atoms with E-state index in [4.69, 9.17) is 18.8 Å². The lowest BCUT2D eigenvalue weighted by atomic mass is 10.4. The zero-order valence-electron chi connectivity index (χ0n) is 9.45. The van der Waals surface area contributed by atoms with Crippen LogP contribution in [0.3, 0.4) is 0 Å². The SMILES string of the molecule is C(OCC1CO1)C1CO1.OSc1ccccc1. The first-order valence-electron chi connectivity index (χ1n) is 5.56. The van der Waals surface area contributed by atoms with E-state index >= 15 is 0 Å². The number of ether oxygens (including phenoxy) is 3. The Balaban J connectivity index is 0.000000128. The van der Waals surface area contributed by atoms with Gasteiger partial charge in [-0.2, -0.15) is 0 Å². The van der Waals surface area contributed by atoms with Crippen LogP contribution in [0, 0.1) is 0 Å². The molecular formula is C12H16O4S. The third kappa shape index (κ3) is 6.05. The fraction of sp³-hybridized carbons (Fsp3) is 0.500. The number of hydrogen-bond acceptors (Lipinski definition) is 5. The predicted octanol–water partition coefficient (Wildman–Crippen LogP) is 2.05. The first-order chi connectivity index (χ1) is 8.38. The molecule has 0 aromatic heterocycles. The van der Waals surface area contributed by atoms with E-state index in [1.54, 1.807) is 0 Å². The molecule has 4 nitrogen and oxygen atoms in total. The summed E-state index contributed by atoms with van der Waals surface area (Å²) in [5, 5.41) is 0. The molecule has 2 unspecified atom stereocenters. The second-order valence-electron chi connectivity index (χ2n) is 3.85. The van der Waals surface area contributed by atoms with Gasteiger partial charge in [-0.15, -0.1) is 0 Å². The average molecular weight is 256 g/mol. The van der Waals surface area contributed by atoms with Crippen LogP contribution >= 0.6 is 12.0 Å². The van der Waals surface area contributed by atoms with Gasteiger partial charge in [-0.05, 0) is 12.1 Å². The molecule has 2 saturated heterocycles. The van der Waals surface area contributed by atoms with Crippen molar-refractivity contribution in [3.63, 3.8) is 0 Å². The first kappa shape index (κ1) is 12.9. The van der Waals surface area contributed by atoms with Crippen molar-refractivity contribution in [2.45, 2.75) is 17.1 Å². The van der Waals surface area contributed by atoms with Crippen LogP contribution in [0.1, 0.15) is 0 Å². The van der Waals surface area contributed by atoms with Gasteiger partial charge in [0.2, 0.25) is 0 Å². The van der Waals surface area contributed by atoms with Crippen LogP contribution in [0.4, 0.5) is 0 Å². The largest absolute Gasteiger partial charge is 0.376 e. The molecule has 0 bridgehead atoms. The summed E-state index contributed by atoms with van der Waals surface area (Å²) >= 11 is 0.769. The van der Waals surface area contributed by atoms with E-state index < -0.39 is 0 Å². The summed E-state index contributed by atoms with van der Waals surface area (Å²) in [6.07, 6.45) is 0.785. The minimum absolute atomic E-state index is 0.392. The normalized spacial score (nSPS) is 24.8. The molecule has 0 spiro atoms. The molecule has 2 aliphatic heterocycles. The van der Waals surface area contributed by atoms with Crippen LogP contribution in [0.2, 0.25) is 0 Å². The van der Waals surface area contributed by atoms with Gasteiger partial charge < -0.3 is 18.8 Å². The fourth-order valence-electron chi connectivity index (χ4n) is 1.14. The summed E-state index contributed by atoms with van der Waals surface area (Å²) in [5.74, 6) is 0. The maximum Gasteiger partial charge on any atom is 0.104 e. The molecule has 3 rings (SSSR count). The molecule has 2 heterocycles. The van der Waals surface area contributed by atoms with Gasteiger partial charge in [0, 0.05) is 16.9 Å². The maximum absolute atomic E-state index is 8.45. The lowest BCUT2D eigenvalue weighted by molar-refractivity contribution is 0.102. The second kappa shape index (κ2) is 6.98. The van der Waals surface area contributed by atoms with Gasteiger partial charge in [-0.25, -0.2) is 0 Å². The molecule has 2 aliphatic rings. The molecule has 0 amide bonds. The molecule has 0 radical (unpaired) electrons. The van der Waals surface area contributed by atoms with E-state index in [1.807, 2.05) is 30.3 Å². The number of benzene rings is 1. The van der Waals surface area contributed by atoms with Crippen LogP contribution in [-0.4, -0.2) is 43.2 Å². The van der Waals surface area contributed by atoms with Crippen LogP contribution in [0.5, 0.6) is 0 Å². The molecule has 94 valence electrons. The Morgan fingerprint density at radius 2 is 1.65 bits per heavy atom. The van der Waals surface area contributed by atoms with Crippen LogP contribution < -0.4 is 0 Å². The molecule has 2 atom stereocenters. The van der Waals surface area contributed by atoms with Crippen LogP contribution in [-0.2, 0) is 14.2 Å². The van der Waals surface area contributed by atoms with E-state index in [1.165, 1.54) is 0 Å². The third-order valence-corrected chi connectivity index (χ3v) is 2.74. The zero-order valence-corrected chi connectivity index (χ0v) is 10.3. The van der Waals surface area contributed by atoms with E-state index in [2.05, 4.69) is 0 Å². The summed E-state index contributed by atoms with van der Waals surface area (Å²) in [7, 11) is 0. The molecule has 2 fully saturated rings. The van der Waals surface area contributed by atoms with E-state index in [0.717, 1.165) is 43.4 Å². The summed E-state index contributed by atoms with van der Waals surface area (Å²) in [6, 6.07) is 9.40. The van der Waals surface area contributed by atoms with Crippen molar-refractivity contribution in [1.82, 2.24) is 0 Å². The van der Waals surface area contributed by atoms with E-state index in [-0.39, 0.29) is 0 Å². The Morgan fingerprint density at radius 3 is 2.00 bits per heavy atom. The van der Waals surface area contributed by atoms with Crippen molar-refractivity contribution in [3.05, 3.63) is 30.3 Å². The number of rotatable bonds is 5. The molecule has 17 heavy (non-hydrogen) atoms. The summed E-state index contributed by atoms with van der Waals surface area (Å²) in [4.78, 5) is 0.882. The highest BCUT2D eigenvalue weighted by Gasteiger charge is 2.26. The second-order valence-corrected chi connectivity index (χ2v) is 4.51. The number of hydrogen-bond donors (Lipinski definition) is 1. The van der Waals surface area contributed by atoms with E-state index in [9.17, 15) is 0 Å². The minimum atomic E-state index is 0.392. The van der Waals surface area contributed by atoms with E-state index in [0.29, 0.717) is 12.2 Å². The first-order valence-corrected chi connectivity index (χ1v) is 6.33. The third-order valence-electron chi connectivity index (χ3n) is 2.26. The van der Waals surface area contributed by atoms with Gasteiger partial charge in [-0.3, -0.25) is 0 Å². The predicted molar refractivity (Wildman–Crippen MR) is 65.2 cm³/mol. The molecule has 0 saturated carbocycles. The van der Waals surface area contributed by atoms with Crippen LogP contribution in [0.25, 0.3) is 0 Å². The molecule has 1 N–H and O–H groups in total. The minimum Gasteiger partial charge on any atom is -0.376 e. The topological polar surface area (TPSA) is 54.5 Å². The fourth-order valence-corrected chi connectivity index (χ4v) is 1.42. The maximum atomic E-state index is 8.45. The van der Waals surface area contributed by atoms with Gasteiger partial charge >= 0.3 is 0 Å². The van der Waals surface area contributed by atoms with Crippen molar-refractivity contribution in [1.29, 1.82) is 0 Å². The highest BCUT2D eigenvalue weighted by Crippen LogP contribution is 2.12. The highest BCUT2D eigenvalue weighted by atomic mass is 32.2. The van der Waals surface area contributed by atoms with Crippen LogP contribution in [0.15, 0.2) is 35.2 Å². The smallest absolute Gasteiger partial charge is 0.104 e. The summed E-state index contributed by atoms with van der Waals surface area (Å²) in [5.41, 5.74) is 0. The Hall–Kier alpha value is -0.590. The highest BCUT2D eigenvalue weighted by molar-refractivity contribution is 7.93. The lowest BCUT2D eigenvalue weighted by Gasteiger charge is -1.95. The zero-order chi connectivity index (χ0) is 11.9. The Bertz CT molecular complexity index is 300. The van der Waals surface area contributed by atoms with Crippen molar-refractivity contribution in [2.75, 3.05) is 26.4 Å². The monoisotopic (exact) mass is 256 g/mol. The van der Waals surface area contributed by atoms with Gasteiger partial charge in [0.15, 0.2) is 0 Å². The van der Waals surface area contributed by atoms with Gasteiger partial charge in [-0.1, -0.05) is 18.2 Å². The number of epoxide rings is 2. The van der Waals surface area contributed by atoms with Crippen molar-refractivity contribution in [2.24, 2.45) is 0 Å². The Labute approximate surface area is 105 Å². The molecule has 0 aliphatic carbocycles. The Kier molecular flexibility index (Phi) is 5.28. The van der Waals surface area contributed by atoms with Gasteiger partial charge in [0.25, 0.3) is 0 Å². The standard InChI is InChI=1S/C6H10O3.C6H6OS/c1(5-3-8-5)7-2-6-4-9-6;7-8-6-4-2-1-3-5-6/h5-6H,1-4H2;1-5,7H. The van der Waals surface area contributed by atoms with Crippen molar-refractivity contribution in [3.8, 4) is 0 Å². The lowest BCUT2D eigenvalue weighted by Crippen LogP contribution is -2.06. The Morgan fingerprint density at radius 1 is 1.12 bits per heavy atom. The summed E-state index contributed by atoms with van der Waals surface area (Å²) in [6.45, 7) is 3.26. The summed E-state index contributed by atoms with van der Waals surface area (Å²) < 4.78 is 23.6. The average Bonchev–Trinajstić information content (AvgIpc) is 3.25. The molecule has 1 aromatic carbocycles. The van der Waals surface area contributed by atoms with Gasteiger partial charge in [0.05, 0.1) is 26.4 Å². The van der Waals surface area contributed by atoms with Crippen molar-refractivity contribution >= 4 is 12.0 Å². The van der Waals surface area contributed by atoms with Gasteiger partial charge in [0.1, 0.15) is 12.2 Å². The molecule has 5 heteroatoms. The molecular weight excluding hydrogens is 240 g/mol. The molecule has 1 aromatic rings.